The van der Waals surface area contributed by atoms with Crippen molar-refractivity contribution in [2.45, 2.75) is 13.0 Å². The van der Waals surface area contributed by atoms with Gasteiger partial charge in [-0.25, -0.2) is 0 Å². The summed E-state index contributed by atoms with van der Waals surface area (Å²) in [6.07, 6.45) is 1.73. The average molecular weight is 230 g/mol. The zero-order valence-electron chi connectivity index (χ0n) is 10.4. The standard InChI is InChI=1S/C14H18N2O/c1-10-8-9-17-14(10)13(16-3)11-4-6-12(15-2)7-5-11/h4-9,13,15-16H,1-3H3/t13-/m0/s1. The molecule has 90 valence electrons. The van der Waals surface area contributed by atoms with E-state index in [0.717, 1.165) is 11.4 Å². The highest BCUT2D eigenvalue weighted by atomic mass is 16.3. The Bertz CT molecular complexity index is 473. The summed E-state index contributed by atoms with van der Waals surface area (Å²) in [6.45, 7) is 2.06. The molecule has 2 rings (SSSR count). The molecule has 0 radical (unpaired) electrons. The lowest BCUT2D eigenvalue weighted by Gasteiger charge is -2.15. The van der Waals surface area contributed by atoms with Crippen molar-refractivity contribution >= 4 is 5.69 Å². The van der Waals surface area contributed by atoms with Crippen LogP contribution in [0.1, 0.15) is 22.9 Å². The SMILES string of the molecule is CNc1ccc([C@H](NC)c2occc2C)cc1. The predicted molar refractivity (Wildman–Crippen MR) is 70.3 cm³/mol. The van der Waals surface area contributed by atoms with Gasteiger partial charge in [-0.05, 0) is 43.3 Å². The third-order valence-corrected chi connectivity index (χ3v) is 2.99. The summed E-state index contributed by atoms with van der Waals surface area (Å²) in [4.78, 5) is 0. The Morgan fingerprint density at radius 2 is 1.76 bits per heavy atom. The zero-order valence-corrected chi connectivity index (χ0v) is 10.4. The van der Waals surface area contributed by atoms with Gasteiger partial charge in [0.05, 0.1) is 12.3 Å². The van der Waals surface area contributed by atoms with Gasteiger partial charge in [0.15, 0.2) is 0 Å². The highest BCUT2D eigenvalue weighted by molar-refractivity contribution is 5.45. The van der Waals surface area contributed by atoms with Gasteiger partial charge >= 0.3 is 0 Å². The summed E-state index contributed by atoms with van der Waals surface area (Å²) in [6, 6.07) is 10.4. The van der Waals surface area contributed by atoms with Gasteiger partial charge in [0, 0.05) is 12.7 Å². The number of hydrogen-bond acceptors (Lipinski definition) is 3. The van der Waals surface area contributed by atoms with Gasteiger partial charge in [0.2, 0.25) is 0 Å². The minimum Gasteiger partial charge on any atom is -0.467 e. The van der Waals surface area contributed by atoms with Gasteiger partial charge in [-0.3, -0.25) is 0 Å². The number of benzene rings is 1. The van der Waals surface area contributed by atoms with Gasteiger partial charge in [-0.2, -0.15) is 0 Å². The molecule has 1 atom stereocenters. The van der Waals surface area contributed by atoms with Crippen molar-refractivity contribution in [2.75, 3.05) is 19.4 Å². The highest BCUT2D eigenvalue weighted by Gasteiger charge is 2.16. The number of aryl methyl sites for hydroxylation is 1. The Hall–Kier alpha value is -1.74. The van der Waals surface area contributed by atoms with E-state index in [4.69, 9.17) is 4.42 Å². The Morgan fingerprint density at radius 1 is 1.06 bits per heavy atom. The second-order valence-corrected chi connectivity index (χ2v) is 4.06. The first-order valence-corrected chi connectivity index (χ1v) is 5.75. The Balaban J connectivity index is 2.32. The van der Waals surface area contributed by atoms with Crippen LogP contribution in [0.4, 0.5) is 5.69 Å². The highest BCUT2D eigenvalue weighted by Crippen LogP contribution is 2.26. The Kier molecular flexibility index (Phi) is 3.49. The molecule has 0 saturated heterocycles. The molecule has 3 nitrogen and oxygen atoms in total. The largest absolute Gasteiger partial charge is 0.467 e. The molecule has 0 aliphatic heterocycles. The predicted octanol–water partition coefficient (Wildman–Crippen LogP) is 2.94. The lowest BCUT2D eigenvalue weighted by molar-refractivity contribution is 0.460. The first-order valence-electron chi connectivity index (χ1n) is 5.75. The Labute approximate surface area is 102 Å². The third kappa shape index (κ3) is 2.34. The quantitative estimate of drug-likeness (QED) is 0.848. The summed E-state index contributed by atoms with van der Waals surface area (Å²) in [5.74, 6) is 0.977. The smallest absolute Gasteiger partial charge is 0.128 e. The summed E-state index contributed by atoms with van der Waals surface area (Å²) >= 11 is 0. The topological polar surface area (TPSA) is 37.2 Å². The van der Waals surface area contributed by atoms with Crippen LogP contribution >= 0.6 is 0 Å². The first-order chi connectivity index (χ1) is 8.26. The normalized spacial score (nSPS) is 12.4. The van der Waals surface area contributed by atoms with Gasteiger partial charge in [-0.1, -0.05) is 12.1 Å². The molecule has 0 saturated carbocycles. The summed E-state index contributed by atoms with van der Waals surface area (Å²) in [7, 11) is 3.86. The van der Waals surface area contributed by atoms with Gasteiger partial charge in [0.1, 0.15) is 5.76 Å². The molecular weight excluding hydrogens is 212 g/mol. The van der Waals surface area contributed by atoms with Gasteiger partial charge in [0.25, 0.3) is 0 Å². The van der Waals surface area contributed by atoms with Crippen molar-refractivity contribution in [3.05, 3.63) is 53.5 Å². The molecule has 0 bridgehead atoms. The number of anilines is 1. The number of furan rings is 1. The lowest BCUT2D eigenvalue weighted by Crippen LogP contribution is -2.17. The van der Waals surface area contributed by atoms with Crippen LogP contribution < -0.4 is 10.6 Å². The molecule has 0 spiro atoms. The maximum absolute atomic E-state index is 5.55. The second kappa shape index (κ2) is 5.06. The van der Waals surface area contributed by atoms with Crippen molar-refractivity contribution in [3.8, 4) is 0 Å². The molecular formula is C14H18N2O. The maximum atomic E-state index is 5.55. The number of nitrogens with one attached hydrogen (secondary N) is 2. The summed E-state index contributed by atoms with van der Waals surface area (Å²) < 4.78 is 5.55. The van der Waals surface area contributed by atoms with Crippen LogP contribution in [-0.4, -0.2) is 14.1 Å². The molecule has 2 aromatic rings. The van der Waals surface area contributed by atoms with Crippen molar-refractivity contribution in [1.82, 2.24) is 5.32 Å². The van der Waals surface area contributed by atoms with Gasteiger partial charge < -0.3 is 15.1 Å². The average Bonchev–Trinajstić information content (AvgIpc) is 2.78. The monoisotopic (exact) mass is 230 g/mol. The van der Waals surface area contributed by atoms with Crippen LogP contribution in [0.2, 0.25) is 0 Å². The van der Waals surface area contributed by atoms with Gasteiger partial charge in [-0.15, -0.1) is 0 Å². The molecule has 17 heavy (non-hydrogen) atoms. The van der Waals surface area contributed by atoms with Crippen molar-refractivity contribution < 1.29 is 4.42 Å². The summed E-state index contributed by atoms with van der Waals surface area (Å²) in [5, 5.41) is 6.40. The summed E-state index contributed by atoms with van der Waals surface area (Å²) in [5.41, 5.74) is 3.48. The fourth-order valence-electron chi connectivity index (χ4n) is 1.97. The van der Waals surface area contributed by atoms with E-state index < -0.39 is 0 Å². The molecule has 1 aromatic carbocycles. The van der Waals surface area contributed by atoms with Crippen molar-refractivity contribution in [3.63, 3.8) is 0 Å². The van der Waals surface area contributed by atoms with Crippen LogP contribution in [0.15, 0.2) is 41.0 Å². The van der Waals surface area contributed by atoms with Crippen LogP contribution in [0.5, 0.6) is 0 Å². The van der Waals surface area contributed by atoms with Crippen LogP contribution in [-0.2, 0) is 0 Å². The molecule has 0 amide bonds. The van der Waals surface area contributed by atoms with E-state index in [1.165, 1.54) is 11.1 Å². The van der Waals surface area contributed by atoms with Crippen LogP contribution in [0.3, 0.4) is 0 Å². The molecule has 2 N–H and O–H groups in total. The van der Waals surface area contributed by atoms with E-state index in [9.17, 15) is 0 Å². The minimum absolute atomic E-state index is 0.107. The van der Waals surface area contributed by atoms with E-state index in [1.54, 1.807) is 6.26 Å². The van der Waals surface area contributed by atoms with E-state index in [0.29, 0.717) is 0 Å². The maximum Gasteiger partial charge on any atom is 0.128 e. The van der Waals surface area contributed by atoms with E-state index >= 15 is 0 Å². The van der Waals surface area contributed by atoms with E-state index in [2.05, 4.69) is 41.8 Å². The second-order valence-electron chi connectivity index (χ2n) is 4.06. The van der Waals surface area contributed by atoms with Crippen LogP contribution in [0, 0.1) is 6.92 Å². The number of hydrogen-bond donors (Lipinski definition) is 2. The Morgan fingerprint density at radius 3 is 2.24 bits per heavy atom. The van der Waals surface area contributed by atoms with Crippen LogP contribution in [0.25, 0.3) is 0 Å². The first kappa shape index (κ1) is 11.7. The molecule has 0 fully saturated rings. The molecule has 0 aliphatic rings. The van der Waals surface area contributed by atoms with E-state index in [1.807, 2.05) is 20.2 Å². The molecule has 0 aliphatic carbocycles. The zero-order chi connectivity index (χ0) is 12.3. The lowest BCUT2D eigenvalue weighted by atomic mass is 10.0. The molecule has 1 heterocycles. The molecule has 0 unspecified atom stereocenters. The fourth-order valence-corrected chi connectivity index (χ4v) is 1.97. The third-order valence-electron chi connectivity index (χ3n) is 2.99. The van der Waals surface area contributed by atoms with E-state index in [-0.39, 0.29) is 6.04 Å². The molecule has 3 heteroatoms. The molecule has 1 aromatic heterocycles. The fraction of sp³-hybridized carbons (Fsp3) is 0.286. The van der Waals surface area contributed by atoms with Crippen molar-refractivity contribution in [1.29, 1.82) is 0 Å². The van der Waals surface area contributed by atoms with Crippen molar-refractivity contribution in [2.24, 2.45) is 0 Å². The number of rotatable bonds is 4. The minimum atomic E-state index is 0.107.